The Kier molecular flexibility index (Phi) is 6.11. The van der Waals surface area contributed by atoms with Crippen LogP contribution in [-0.2, 0) is 6.61 Å². The number of amides is 2. The largest absolute Gasteiger partial charge is 0.391 e. The molecule has 2 amide bonds. The number of aliphatic hydroxyl groups is 2. The fourth-order valence-corrected chi connectivity index (χ4v) is 3.55. The average Bonchev–Trinajstić information content (AvgIpc) is 3.22. The molecule has 0 aliphatic rings. The highest BCUT2D eigenvalue weighted by atomic mass is 19.1. The highest BCUT2D eigenvalue weighted by Crippen LogP contribution is 2.30. The summed E-state index contributed by atoms with van der Waals surface area (Å²) in [4.78, 5) is 16.9. The molecule has 0 fully saturated rings. The van der Waals surface area contributed by atoms with E-state index < -0.39 is 18.2 Å². The lowest BCUT2D eigenvalue weighted by Crippen LogP contribution is -2.38. The SMILES string of the molecule is CC(O)C(NC(=O)Nc1cc2[nH]nc(-c3ccc(F)cc3)c2c(CO)n1)c1ccccc1. The monoisotopic (exact) mass is 435 g/mol. The molecule has 2 heterocycles. The molecule has 0 bridgehead atoms. The van der Waals surface area contributed by atoms with Crippen molar-refractivity contribution in [2.45, 2.75) is 25.7 Å². The van der Waals surface area contributed by atoms with E-state index in [9.17, 15) is 19.4 Å². The number of urea groups is 1. The van der Waals surface area contributed by atoms with Gasteiger partial charge in [0.1, 0.15) is 17.3 Å². The fraction of sp³-hybridized carbons (Fsp3) is 0.174. The molecule has 0 saturated heterocycles. The molecule has 0 aliphatic heterocycles. The maximum absolute atomic E-state index is 13.3. The minimum absolute atomic E-state index is 0.200. The first kappa shape index (κ1) is 21.4. The van der Waals surface area contributed by atoms with E-state index in [1.807, 2.05) is 30.3 Å². The van der Waals surface area contributed by atoms with E-state index in [2.05, 4.69) is 25.8 Å². The second-order valence-corrected chi connectivity index (χ2v) is 7.34. The third-order valence-electron chi connectivity index (χ3n) is 5.06. The molecule has 0 saturated carbocycles. The Hall–Kier alpha value is -3.82. The van der Waals surface area contributed by atoms with E-state index >= 15 is 0 Å². The summed E-state index contributed by atoms with van der Waals surface area (Å²) < 4.78 is 13.3. The van der Waals surface area contributed by atoms with Crippen LogP contribution in [0.15, 0.2) is 60.7 Å². The van der Waals surface area contributed by atoms with Crippen LogP contribution >= 0.6 is 0 Å². The number of aromatic amines is 1. The third kappa shape index (κ3) is 4.43. The molecule has 5 N–H and O–H groups in total. The molecule has 2 unspecified atom stereocenters. The van der Waals surface area contributed by atoms with Gasteiger partial charge in [0.05, 0.1) is 35.3 Å². The summed E-state index contributed by atoms with van der Waals surface area (Å²) in [6.45, 7) is 1.20. The van der Waals surface area contributed by atoms with Crippen LogP contribution in [-0.4, -0.2) is 37.5 Å². The fourth-order valence-electron chi connectivity index (χ4n) is 3.55. The van der Waals surface area contributed by atoms with Crippen LogP contribution in [0.2, 0.25) is 0 Å². The molecule has 8 nitrogen and oxygen atoms in total. The first-order valence-electron chi connectivity index (χ1n) is 10.0. The Balaban J connectivity index is 1.60. The van der Waals surface area contributed by atoms with E-state index in [0.29, 0.717) is 27.9 Å². The van der Waals surface area contributed by atoms with Crippen LogP contribution < -0.4 is 10.6 Å². The van der Waals surface area contributed by atoms with Crippen molar-refractivity contribution in [2.75, 3.05) is 5.32 Å². The molecule has 164 valence electrons. The molecule has 0 aliphatic carbocycles. The van der Waals surface area contributed by atoms with E-state index in [1.165, 1.54) is 12.1 Å². The number of nitrogens with one attached hydrogen (secondary N) is 3. The molecule has 0 spiro atoms. The summed E-state index contributed by atoms with van der Waals surface area (Å²) in [5, 5.41) is 33.1. The number of fused-ring (bicyclic) bond motifs is 1. The quantitative estimate of drug-likeness (QED) is 0.317. The van der Waals surface area contributed by atoms with Crippen molar-refractivity contribution >= 4 is 22.8 Å². The van der Waals surface area contributed by atoms with E-state index in [1.54, 1.807) is 25.1 Å². The number of aliphatic hydroxyl groups excluding tert-OH is 2. The maximum Gasteiger partial charge on any atom is 0.320 e. The van der Waals surface area contributed by atoms with Crippen molar-refractivity contribution in [2.24, 2.45) is 0 Å². The lowest BCUT2D eigenvalue weighted by Gasteiger charge is -2.22. The normalized spacial score (nSPS) is 13.0. The van der Waals surface area contributed by atoms with Gasteiger partial charge in [-0.05, 0) is 36.8 Å². The van der Waals surface area contributed by atoms with Gasteiger partial charge in [0.15, 0.2) is 0 Å². The van der Waals surface area contributed by atoms with Gasteiger partial charge in [0, 0.05) is 11.6 Å². The number of hydrogen-bond donors (Lipinski definition) is 5. The number of hydrogen-bond acceptors (Lipinski definition) is 5. The van der Waals surface area contributed by atoms with Crippen molar-refractivity contribution in [3.05, 3.63) is 77.7 Å². The minimum Gasteiger partial charge on any atom is -0.391 e. The van der Waals surface area contributed by atoms with Gasteiger partial charge < -0.3 is 15.5 Å². The summed E-state index contributed by atoms with van der Waals surface area (Å²) in [5.41, 5.74) is 2.80. The summed E-state index contributed by atoms with van der Waals surface area (Å²) in [6, 6.07) is 15.4. The second kappa shape index (κ2) is 9.13. The number of pyridine rings is 1. The van der Waals surface area contributed by atoms with Crippen LogP contribution in [0, 0.1) is 5.82 Å². The molecule has 4 rings (SSSR count). The number of aromatic nitrogens is 3. The average molecular weight is 435 g/mol. The van der Waals surface area contributed by atoms with Crippen LogP contribution in [0.5, 0.6) is 0 Å². The number of carbonyl (C=O) groups is 1. The number of nitrogens with zero attached hydrogens (tertiary/aromatic N) is 2. The van der Waals surface area contributed by atoms with Gasteiger partial charge in [0.2, 0.25) is 0 Å². The van der Waals surface area contributed by atoms with Crippen molar-refractivity contribution in [1.29, 1.82) is 0 Å². The molecule has 0 radical (unpaired) electrons. The van der Waals surface area contributed by atoms with Crippen LogP contribution in [0.4, 0.5) is 15.0 Å². The number of rotatable bonds is 6. The van der Waals surface area contributed by atoms with Gasteiger partial charge in [-0.15, -0.1) is 0 Å². The molecular formula is C23H22FN5O3. The molecule has 9 heteroatoms. The third-order valence-corrected chi connectivity index (χ3v) is 5.06. The number of H-pyrrole nitrogens is 1. The minimum atomic E-state index is -0.822. The number of anilines is 1. The van der Waals surface area contributed by atoms with Gasteiger partial charge in [-0.1, -0.05) is 30.3 Å². The first-order chi connectivity index (χ1) is 15.5. The summed E-state index contributed by atoms with van der Waals surface area (Å²) in [5.74, 6) is -0.164. The molecular weight excluding hydrogens is 413 g/mol. The number of benzene rings is 2. The van der Waals surface area contributed by atoms with Crippen molar-refractivity contribution < 1.29 is 19.4 Å². The summed E-state index contributed by atoms with van der Waals surface area (Å²) >= 11 is 0. The van der Waals surface area contributed by atoms with E-state index in [0.717, 1.165) is 5.56 Å². The summed E-state index contributed by atoms with van der Waals surface area (Å²) in [7, 11) is 0. The molecule has 2 aromatic carbocycles. The first-order valence-corrected chi connectivity index (χ1v) is 10.0. The standard InChI is InChI=1S/C23H22FN5O3/c1-13(31)21(14-5-3-2-4-6-14)27-23(32)26-19-11-17-20(18(12-30)25-19)22(29-28-17)15-7-9-16(24)10-8-15/h2-11,13,21,30-31H,12H2,1H3,(H,28,29)(H2,25,26,27,32). The smallest absolute Gasteiger partial charge is 0.320 e. The van der Waals surface area contributed by atoms with Crippen LogP contribution in [0.25, 0.3) is 22.2 Å². The highest BCUT2D eigenvalue weighted by molar-refractivity contribution is 5.97. The van der Waals surface area contributed by atoms with Gasteiger partial charge in [-0.2, -0.15) is 5.10 Å². The zero-order valence-corrected chi connectivity index (χ0v) is 17.2. The Bertz CT molecular complexity index is 1230. The Labute approximate surface area is 183 Å². The number of halogens is 1. The van der Waals surface area contributed by atoms with Gasteiger partial charge in [-0.25, -0.2) is 14.2 Å². The molecule has 2 atom stereocenters. The van der Waals surface area contributed by atoms with Crippen molar-refractivity contribution in [3.63, 3.8) is 0 Å². The predicted molar refractivity (Wildman–Crippen MR) is 118 cm³/mol. The van der Waals surface area contributed by atoms with Crippen LogP contribution in [0.1, 0.15) is 24.2 Å². The Morgan fingerprint density at radius 2 is 1.88 bits per heavy atom. The van der Waals surface area contributed by atoms with Crippen LogP contribution in [0.3, 0.4) is 0 Å². The Morgan fingerprint density at radius 3 is 2.53 bits per heavy atom. The molecule has 2 aromatic heterocycles. The topological polar surface area (TPSA) is 123 Å². The van der Waals surface area contributed by atoms with Crippen molar-refractivity contribution in [3.8, 4) is 11.3 Å². The zero-order valence-electron chi connectivity index (χ0n) is 17.2. The maximum atomic E-state index is 13.3. The summed E-state index contributed by atoms with van der Waals surface area (Å²) in [6.07, 6.45) is -0.822. The second-order valence-electron chi connectivity index (χ2n) is 7.34. The van der Waals surface area contributed by atoms with E-state index in [-0.39, 0.29) is 18.2 Å². The van der Waals surface area contributed by atoms with Gasteiger partial charge >= 0.3 is 6.03 Å². The zero-order chi connectivity index (χ0) is 22.7. The lowest BCUT2D eigenvalue weighted by molar-refractivity contribution is 0.148. The van der Waals surface area contributed by atoms with Gasteiger partial charge in [0.25, 0.3) is 0 Å². The van der Waals surface area contributed by atoms with Crippen molar-refractivity contribution in [1.82, 2.24) is 20.5 Å². The molecule has 32 heavy (non-hydrogen) atoms. The van der Waals surface area contributed by atoms with E-state index in [4.69, 9.17) is 0 Å². The number of carbonyl (C=O) groups excluding carboxylic acids is 1. The molecule has 4 aromatic rings. The highest BCUT2D eigenvalue weighted by Gasteiger charge is 2.21. The van der Waals surface area contributed by atoms with Gasteiger partial charge in [-0.3, -0.25) is 10.4 Å². The lowest BCUT2D eigenvalue weighted by atomic mass is 10.0. The Morgan fingerprint density at radius 1 is 1.16 bits per heavy atom. The predicted octanol–water partition coefficient (Wildman–Crippen LogP) is 3.50.